The summed E-state index contributed by atoms with van der Waals surface area (Å²) < 4.78 is 5.70. The monoisotopic (exact) mass is 342 g/mol. The molecule has 1 saturated carbocycles. The van der Waals surface area contributed by atoms with E-state index in [2.05, 4.69) is 10.6 Å². The predicted octanol–water partition coefficient (Wildman–Crippen LogP) is 2.83. The second-order valence-corrected chi connectivity index (χ2v) is 7.30. The molecule has 6 heteroatoms. The molecule has 5 nitrogen and oxygen atoms in total. The minimum absolute atomic E-state index is 0.0426. The summed E-state index contributed by atoms with van der Waals surface area (Å²) in [6.45, 7) is 0.472. The van der Waals surface area contributed by atoms with Gasteiger partial charge in [-0.05, 0) is 43.0 Å². The van der Waals surface area contributed by atoms with Crippen molar-refractivity contribution in [1.29, 1.82) is 0 Å². The molecule has 1 aliphatic carbocycles. The van der Waals surface area contributed by atoms with Gasteiger partial charge in [0.2, 0.25) is 5.91 Å². The highest BCUT2D eigenvalue weighted by atomic mass is 32.1. The van der Waals surface area contributed by atoms with E-state index in [0.717, 1.165) is 35.6 Å². The van der Waals surface area contributed by atoms with E-state index in [1.54, 1.807) is 12.1 Å². The molecule has 2 aromatic rings. The van der Waals surface area contributed by atoms with Gasteiger partial charge in [0.25, 0.3) is 5.91 Å². The Morgan fingerprint density at radius 2 is 1.96 bits per heavy atom. The van der Waals surface area contributed by atoms with Crippen LogP contribution < -0.4 is 15.4 Å². The third kappa shape index (κ3) is 3.28. The van der Waals surface area contributed by atoms with Crippen LogP contribution in [0.2, 0.25) is 0 Å². The Morgan fingerprint density at radius 1 is 1.12 bits per heavy atom. The average molecular weight is 342 g/mol. The number of para-hydroxylation sites is 1. The molecule has 24 heavy (non-hydrogen) atoms. The first kappa shape index (κ1) is 15.2. The van der Waals surface area contributed by atoms with Crippen molar-refractivity contribution in [3.63, 3.8) is 0 Å². The van der Waals surface area contributed by atoms with Crippen molar-refractivity contribution >= 4 is 28.2 Å². The molecule has 0 bridgehead atoms. The number of amides is 2. The summed E-state index contributed by atoms with van der Waals surface area (Å²) in [5.74, 6) is 0.981. The summed E-state index contributed by atoms with van der Waals surface area (Å²) in [4.78, 5) is 24.8. The summed E-state index contributed by atoms with van der Waals surface area (Å²) in [5, 5.41) is 6.61. The number of rotatable bonds is 4. The van der Waals surface area contributed by atoms with Gasteiger partial charge in [0.15, 0.2) is 0 Å². The maximum atomic E-state index is 12.4. The number of ether oxygens (including phenoxy) is 1. The normalized spacial score (nSPS) is 19.1. The molecule has 2 amide bonds. The number of benzene rings is 1. The number of carbonyl (C=O) groups excluding carboxylic acids is 2. The standard InChI is InChI=1S/C18H18N2O3S/c21-17(11-5-6-11)20-16-8-7-15(24-16)18(22)19-13-9-12-3-1-2-4-14(12)23-10-13/h1-4,7-8,11,13H,5-6,9-10H2,(H,19,22)(H,20,21). The highest BCUT2D eigenvalue weighted by Gasteiger charge is 2.30. The van der Waals surface area contributed by atoms with E-state index in [1.807, 2.05) is 24.3 Å². The maximum Gasteiger partial charge on any atom is 0.261 e. The number of fused-ring (bicyclic) bond motifs is 1. The smallest absolute Gasteiger partial charge is 0.261 e. The van der Waals surface area contributed by atoms with Gasteiger partial charge in [-0.15, -0.1) is 11.3 Å². The molecule has 0 spiro atoms. The first-order chi connectivity index (χ1) is 11.7. The average Bonchev–Trinajstić information content (AvgIpc) is 3.34. The van der Waals surface area contributed by atoms with E-state index in [0.29, 0.717) is 11.5 Å². The Bertz CT molecular complexity index is 782. The van der Waals surface area contributed by atoms with Gasteiger partial charge in [-0.3, -0.25) is 9.59 Å². The summed E-state index contributed by atoms with van der Waals surface area (Å²) in [5.41, 5.74) is 1.11. The van der Waals surface area contributed by atoms with Crippen LogP contribution in [0.25, 0.3) is 0 Å². The third-order valence-corrected chi connectivity index (χ3v) is 5.24. The fourth-order valence-corrected chi connectivity index (χ4v) is 3.59. The van der Waals surface area contributed by atoms with Gasteiger partial charge in [0, 0.05) is 5.92 Å². The van der Waals surface area contributed by atoms with E-state index < -0.39 is 0 Å². The molecule has 0 saturated heterocycles. The lowest BCUT2D eigenvalue weighted by molar-refractivity contribution is -0.117. The zero-order valence-electron chi connectivity index (χ0n) is 13.1. The van der Waals surface area contributed by atoms with Gasteiger partial charge >= 0.3 is 0 Å². The van der Waals surface area contributed by atoms with E-state index in [1.165, 1.54) is 11.3 Å². The van der Waals surface area contributed by atoms with Gasteiger partial charge < -0.3 is 15.4 Å². The van der Waals surface area contributed by atoms with E-state index >= 15 is 0 Å². The molecule has 2 heterocycles. The number of carbonyl (C=O) groups is 2. The number of nitrogens with one attached hydrogen (secondary N) is 2. The van der Waals surface area contributed by atoms with Crippen LogP contribution in [-0.2, 0) is 11.2 Å². The molecule has 1 aromatic carbocycles. The second kappa shape index (κ2) is 6.28. The first-order valence-corrected chi connectivity index (χ1v) is 8.93. The summed E-state index contributed by atoms with van der Waals surface area (Å²) in [6.07, 6.45) is 2.69. The molecule has 2 aliphatic rings. The largest absolute Gasteiger partial charge is 0.491 e. The molecule has 1 aromatic heterocycles. The Hall–Kier alpha value is -2.34. The summed E-state index contributed by atoms with van der Waals surface area (Å²) in [6, 6.07) is 11.4. The van der Waals surface area contributed by atoms with Crippen molar-refractivity contribution in [2.24, 2.45) is 5.92 Å². The van der Waals surface area contributed by atoms with Gasteiger partial charge in [-0.1, -0.05) is 18.2 Å². The van der Waals surface area contributed by atoms with Crippen LogP contribution in [0.15, 0.2) is 36.4 Å². The molecule has 1 fully saturated rings. The number of thiophene rings is 1. The van der Waals surface area contributed by atoms with Crippen LogP contribution >= 0.6 is 11.3 Å². The predicted molar refractivity (Wildman–Crippen MR) is 92.6 cm³/mol. The topological polar surface area (TPSA) is 67.4 Å². The Morgan fingerprint density at radius 3 is 2.79 bits per heavy atom. The van der Waals surface area contributed by atoms with Crippen LogP contribution in [0.5, 0.6) is 5.75 Å². The molecule has 1 atom stereocenters. The van der Waals surface area contributed by atoms with Crippen molar-refractivity contribution < 1.29 is 14.3 Å². The van der Waals surface area contributed by atoms with Gasteiger partial charge in [-0.2, -0.15) is 0 Å². The lowest BCUT2D eigenvalue weighted by atomic mass is 10.0. The molecule has 124 valence electrons. The highest BCUT2D eigenvalue weighted by Crippen LogP contribution is 2.31. The minimum Gasteiger partial charge on any atom is -0.491 e. The minimum atomic E-state index is -0.125. The quantitative estimate of drug-likeness (QED) is 0.898. The SMILES string of the molecule is O=C(NC1COc2ccccc2C1)c1ccc(NC(=O)C2CC2)s1. The van der Waals surface area contributed by atoms with Crippen molar-refractivity contribution in [3.05, 3.63) is 46.8 Å². The molecule has 4 rings (SSSR count). The molecular formula is C18H18N2O3S. The zero-order valence-corrected chi connectivity index (χ0v) is 13.9. The Kier molecular flexibility index (Phi) is 3.98. The molecular weight excluding hydrogens is 324 g/mol. The molecule has 1 unspecified atom stereocenters. The zero-order chi connectivity index (χ0) is 16.5. The lowest BCUT2D eigenvalue weighted by Gasteiger charge is -2.25. The van der Waals surface area contributed by atoms with E-state index in [4.69, 9.17) is 4.74 Å². The van der Waals surface area contributed by atoms with Crippen molar-refractivity contribution in [1.82, 2.24) is 5.32 Å². The van der Waals surface area contributed by atoms with Crippen molar-refractivity contribution in [2.75, 3.05) is 11.9 Å². The summed E-state index contributed by atoms with van der Waals surface area (Å²) in [7, 11) is 0. The summed E-state index contributed by atoms with van der Waals surface area (Å²) >= 11 is 1.30. The number of hydrogen-bond donors (Lipinski definition) is 2. The second-order valence-electron chi connectivity index (χ2n) is 6.22. The number of anilines is 1. The van der Waals surface area contributed by atoms with Gasteiger partial charge in [0.05, 0.1) is 15.9 Å². The van der Waals surface area contributed by atoms with Gasteiger partial charge in [0.1, 0.15) is 12.4 Å². The fraction of sp³-hybridized carbons (Fsp3) is 0.333. The van der Waals surface area contributed by atoms with Crippen LogP contribution in [0.1, 0.15) is 28.1 Å². The highest BCUT2D eigenvalue weighted by molar-refractivity contribution is 7.18. The van der Waals surface area contributed by atoms with Crippen molar-refractivity contribution in [2.45, 2.75) is 25.3 Å². The Balaban J connectivity index is 1.36. The van der Waals surface area contributed by atoms with Crippen molar-refractivity contribution in [3.8, 4) is 5.75 Å². The molecule has 2 N–H and O–H groups in total. The number of hydrogen-bond acceptors (Lipinski definition) is 4. The first-order valence-electron chi connectivity index (χ1n) is 8.11. The van der Waals surface area contributed by atoms with Gasteiger partial charge in [-0.25, -0.2) is 0 Å². The van der Waals surface area contributed by atoms with Crippen LogP contribution in [0.4, 0.5) is 5.00 Å². The van der Waals surface area contributed by atoms with Crippen LogP contribution in [-0.4, -0.2) is 24.5 Å². The van der Waals surface area contributed by atoms with Crippen LogP contribution in [0.3, 0.4) is 0 Å². The van der Waals surface area contributed by atoms with E-state index in [-0.39, 0.29) is 23.8 Å². The third-order valence-electron chi connectivity index (χ3n) is 4.24. The molecule has 1 aliphatic heterocycles. The van der Waals surface area contributed by atoms with E-state index in [9.17, 15) is 9.59 Å². The lowest BCUT2D eigenvalue weighted by Crippen LogP contribution is -2.42. The fourth-order valence-electron chi connectivity index (χ4n) is 2.77. The Labute approximate surface area is 144 Å². The molecule has 0 radical (unpaired) electrons. The maximum absolute atomic E-state index is 12.4. The van der Waals surface area contributed by atoms with Crippen LogP contribution in [0, 0.1) is 5.92 Å².